The molecule has 0 amide bonds. The zero-order valence-corrected chi connectivity index (χ0v) is 13.8. The Kier molecular flexibility index (Phi) is 7.12. The highest BCUT2D eigenvalue weighted by Crippen LogP contribution is 2.30. The van der Waals surface area contributed by atoms with Gasteiger partial charge in [0.15, 0.2) is 11.7 Å². The number of hydrogen-bond acceptors (Lipinski definition) is 2. The number of guanidine groups is 1. The molecule has 130 valence electrons. The largest absolute Gasteiger partial charge is 0.435 e. The number of aryl methyl sites for hydroxylation is 1. The third kappa shape index (κ3) is 5.96. The molecule has 0 aliphatic carbocycles. The van der Waals surface area contributed by atoms with E-state index in [0.717, 1.165) is 24.1 Å². The van der Waals surface area contributed by atoms with Gasteiger partial charge in [0.25, 0.3) is 0 Å². The molecule has 0 aliphatic rings. The van der Waals surface area contributed by atoms with Crippen molar-refractivity contribution < 1.29 is 13.2 Å². The molecule has 5 nitrogen and oxygen atoms in total. The summed E-state index contributed by atoms with van der Waals surface area (Å²) in [5, 5.41) is 6.57. The molecule has 0 radical (unpaired) electrons. The first-order valence-corrected chi connectivity index (χ1v) is 7.49. The number of allylic oxidation sites excluding steroid dienone is 1. The van der Waals surface area contributed by atoms with Crippen LogP contribution in [0.2, 0.25) is 0 Å². The second-order valence-corrected chi connectivity index (χ2v) is 5.20. The number of aromatic nitrogens is 2. The smallest absolute Gasteiger partial charge is 0.357 e. The van der Waals surface area contributed by atoms with E-state index < -0.39 is 11.9 Å². The predicted molar refractivity (Wildman–Crippen MR) is 85.1 cm³/mol. The summed E-state index contributed by atoms with van der Waals surface area (Å²) in [6.45, 7) is 6.90. The fourth-order valence-electron chi connectivity index (χ4n) is 2.10. The molecule has 0 fully saturated rings. The van der Waals surface area contributed by atoms with E-state index in [4.69, 9.17) is 0 Å². The molecule has 1 heterocycles. The van der Waals surface area contributed by atoms with E-state index in [1.165, 1.54) is 13.2 Å². The number of alkyl halides is 3. The van der Waals surface area contributed by atoms with Crippen molar-refractivity contribution in [1.82, 2.24) is 20.0 Å². The first-order chi connectivity index (χ1) is 10.8. The summed E-state index contributed by atoms with van der Waals surface area (Å²) in [4.78, 5) is 6.20. The van der Waals surface area contributed by atoms with Crippen LogP contribution in [-0.4, -0.2) is 40.8 Å². The van der Waals surface area contributed by atoms with Gasteiger partial charge in [0.2, 0.25) is 0 Å². The molecule has 0 saturated heterocycles. The van der Waals surface area contributed by atoms with Gasteiger partial charge in [-0.25, -0.2) is 4.99 Å². The average molecular weight is 331 g/mol. The van der Waals surface area contributed by atoms with E-state index >= 15 is 0 Å². The van der Waals surface area contributed by atoms with Crippen molar-refractivity contribution in [3.8, 4) is 0 Å². The van der Waals surface area contributed by atoms with Crippen LogP contribution < -0.4 is 5.32 Å². The van der Waals surface area contributed by atoms with E-state index in [2.05, 4.69) is 22.0 Å². The standard InChI is InChI=1S/C15H24F3N5/c1-5-7-8-9-22(3)14(19-6-2)20-10-12-11-23(4)21-13(12)15(16,17)18/h5,11H,1,6-10H2,2-4H3,(H,19,20). The Morgan fingerprint density at radius 1 is 1.52 bits per heavy atom. The minimum absolute atomic E-state index is 0.0647. The molecule has 0 aromatic carbocycles. The Bertz CT molecular complexity index is 534. The molecule has 1 aromatic rings. The predicted octanol–water partition coefficient (Wildman–Crippen LogP) is 2.80. The van der Waals surface area contributed by atoms with Crippen LogP contribution in [0.25, 0.3) is 0 Å². The highest BCUT2D eigenvalue weighted by Gasteiger charge is 2.36. The fraction of sp³-hybridized carbons (Fsp3) is 0.600. The van der Waals surface area contributed by atoms with Crippen LogP contribution in [0, 0.1) is 0 Å². The number of unbranched alkanes of at least 4 members (excludes halogenated alkanes) is 1. The lowest BCUT2D eigenvalue weighted by Gasteiger charge is -2.21. The molecule has 0 unspecified atom stereocenters. The third-order valence-electron chi connectivity index (χ3n) is 3.17. The Morgan fingerprint density at radius 3 is 2.78 bits per heavy atom. The fourth-order valence-corrected chi connectivity index (χ4v) is 2.10. The molecule has 0 saturated carbocycles. The highest BCUT2D eigenvalue weighted by atomic mass is 19.4. The molecule has 1 rings (SSSR count). The second kappa shape index (κ2) is 8.59. The van der Waals surface area contributed by atoms with Gasteiger partial charge in [0, 0.05) is 38.9 Å². The Balaban J connectivity index is 2.87. The van der Waals surface area contributed by atoms with Crippen molar-refractivity contribution in [2.24, 2.45) is 12.0 Å². The van der Waals surface area contributed by atoms with Crippen molar-refractivity contribution in [3.05, 3.63) is 30.1 Å². The highest BCUT2D eigenvalue weighted by molar-refractivity contribution is 5.79. The van der Waals surface area contributed by atoms with Crippen LogP contribution in [-0.2, 0) is 19.8 Å². The lowest BCUT2D eigenvalue weighted by molar-refractivity contribution is -0.142. The molecule has 0 bridgehead atoms. The van der Waals surface area contributed by atoms with Crippen molar-refractivity contribution in [2.45, 2.75) is 32.5 Å². The van der Waals surface area contributed by atoms with E-state index in [-0.39, 0.29) is 12.1 Å². The van der Waals surface area contributed by atoms with Gasteiger partial charge in [0.05, 0.1) is 6.54 Å². The van der Waals surface area contributed by atoms with E-state index in [1.54, 1.807) is 0 Å². The lowest BCUT2D eigenvalue weighted by Crippen LogP contribution is -2.39. The van der Waals surface area contributed by atoms with Crippen LogP contribution in [0.1, 0.15) is 31.0 Å². The van der Waals surface area contributed by atoms with Crippen LogP contribution in [0.15, 0.2) is 23.8 Å². The normalized spacial score (nSPS) is 12.3. The summed E-state index contributed by atoms with van der Waals surface area (Å²) < 4.78 is 40.0. The van der Waals surface area contributed by atoms with Gasteiger partial charge in [-0.15, -0.1) is 6.58 Å². The number of hydrogen-bond donors (Lipinski definition) is 1. The topological polar surface area (TPSA) is 45.5 Å². The van der Waals surface area contributed by atoms with Gasteiger partial charge in [-0.05, 0) is 19.8 Å². The Hall–Kier alpha value is -1.99. The van der Waals surface area contributed by atoms with Gasteiger partial charge in [0.1, 0.15) is 0 Å². The van der Waals surface area contributed by atoms with Crippen molar-refractivity contribution in [1.29, 1.82) is 0 Å². The number of aliphatic imine (C=N–C) groups is 1. The van der Waals surface area contributed by atoms with Crippen LogP contribution in [0.3, 0.4) is 0 Å². The average Bonchev–Trinajstić information content (AvgIpc) is 2.84. The monoisotopic (exact) mass is 331 g/mol. The van der Waals surface area contributed by atoms with Gasteiger partial charge in [-0.3, -0.25) is 4.68 Å². The summed E-state index contributed by atoms with van der Waals surface area (Å²) >= 11 is 0. The molecule has 8 heteroatoms. The molecule has 0 aliphatic heterocycles. The summed E-state index contributed by atoms with van der Waals surface area (Å²) in [5.41, 5.74) is -0.816. The quantitative estimate of drug-likeness (QED) is 0.362. The lowest BCUT2D eigenvalue weighted by atomic mass is 10.2. The minimum atomic E-state index is -4.47. The number of nitrogens with zero attached hydrogens (tertiary/aromatic N) is 4. The molecule has 23 heavy (non-hydrogen) atoms. The summed E-state index contributed by atoms with van der Waals surface area (Å²) in [6.07, 6.45) is 0.507. The van der Waals surface area contributed by atoms with Crippen molar-refractivity contribution in [2.75, 3.05) is 20.1 Å². The maximum atomic E-state index is 12.9. The minimum Gasteiger partial charge on any atom is -0.357 e. The zero-order valence-electron chi connectivity index (χ0n) is 13.8. The van der Waals surface area contributed by atoms with Crippen molar-refractivity contribution >= 4 is 5.96 Å². The van der Waals surface area contributed by atoms with Crippen LogP contribution in [0.4, 0.5) is 13.2 Å². The second-order valence-electron chi connectivity index (χ2n) is 5.20. The number of halogens is 3. The van der Waals surface area contributed by atoms with Gasteiger partial charge in [-0.2, -0.15) is 18.3 Å². The SMILES string of the molecule is C=CCCCN(C)C(=NCc1cn(C)nc1C(F)(F)F)NCC. The summed E-state index contributed by atoms with van der Waals surface area (Å²) in [6, 6.07) is 0. The van der Waals surface area contributed by atoms with E-state index in [9.17, 15) is 13.2 Å². The van der Waals surface area contributed by atoms with Gasteiger partial charge in [-0.1, -0.05) is 6.08 Å². The number of nitrogens with one attached hydrogen (secondary N) is 1. The zero-order chi connectivity index (χ0) is 17.5. The maximum absolute atomic E-state index is 12.9. The molecular formula is C15H24F3N5. The van der Waals surface area contributed by atoms with Crippen LogP contribution in [0.5, 0.6) is 0 Å². The third-order valence-corrected chi connectivity index (χ3v) is 3.17. The summed E-state index contributed by atoms with van der Waals surface area (Å²) in [5.74, 6) is 0.577. The van der Waals surface area contributed by atoms with Crippen molar-refractivity contribution in [3.63, 3.8) is 0 Å². The first kappa shape index (κ1) is 19.1. The Labute approximate surface area is 134 Å². The molecule has 0 spiro atoms. The maximum Gasteiger partial charge on any atom is 0.435 e. The Morgan fingerprint density at radius 2 is 2.22 bits per heavy atom. The van der Waals surface area contributed by atoms with E-state index in [0.29, 0.717) is 12.5 Å². The summed E-state index contributed by atoms with van der Waals surface area (Å²) in [7, 11) is 3.33. The van der Waals surface area contributed by atoms with Crippen LogP contribution >= 0.6 is 0 Å². The van der Waals surface area contributed by atoms with Gasteiger partial charge >= 0.3 is 6.18 Å². The van der Waals surface area contributed by atoms with E-state index in [1.807, 2.05) is 24.9 Å². The molecular weight excluding hydrogens is 307 g/mol. The van der Waals surface area contributed by atoms with Gasteiger partial charge < -0.3 is 10.2 Å². The first-order valence-electron chi connectivity index (χ1n) is 7.49. The molecule has 1 N–H and O–H groups in total. The number of rotatable bonds is 7. The molecule has 1 aromatic heterocycles. The molecule has 0 atom stereocenters.